The van der Waals surface area contributed by atoms with Gasteiger partial charge in [0, 0.05) is 60.6 Å². The molecule has 12 heteroatoms. The topological polar surface area (TPSA) is 80.8 Å². The molecule has 3 N–H and O–H groups in total. The van der Waals surface area contributed by atoms with E-state index >= 15 is 0 Å². The Labute approximate surface area is 216 Å². The van der Waals surface area contributed by atoms with Crippen molar-refractivity contribution in [2.45, 2.75) is 32.1 Å². The molecule has 0 spiro atoms. The molecule has 0 saturated carbocycles. The monoisotopic (exact) mass is 540 g/mol. The first-order valence-corrected chi connectivity index (χ1v) is 12.0. The maximum Gasteiger partial charge on any atom is 0.405 e. The van der Waals surface area contributed by atoms with Gasteiger partial charge in [0.05, 0.1) is 19.2 Å². The van der Waals surface area contributed by atoms with Gasteiger partial charge in [-0.05, 0) is 42.3 Å². The largest absolute Gasteiger partial charge is 0.496 e. The minimum absolute atomic E-state index is 0.181. The Morgan fingerprint density at radius 1 is 1.24 bits per heavy atom. The quantitative estimate of drug-likeness (QED) is 0.321. The summed E-state index contributed by atoms with van der Waals surface area (Å²) in [6.45, 7) is 1.47. The first-order valence-electron chi connectivity index (χ1n) is 12.0. The zero-order chi connectivity index (χ0) is 27.6. The van der Waals surface area contributed by atoms with Gasteiger partial charge < -0.3 is 20.1 Å². The van der Waals surface area contributed by atoms with E-state index < -0.39 is 37.7 Å². The zero-order valence-electron chi connectivity index (χ0n) is 20.9. The molecule has 7 nitrogen and oxygen atoms in total. The molecule has 3 aromatic rings. The van der Waals surface area contributed by atoms with E-state index in [-0.39, 0.29) is 17.8 Å². The normalized spacial score (nSPS) is 17.3. The van der Waals surface area contributed by atoms with E-state index in [0.29, 0.717) is 30.9 Å². The first-order chi connectivity index (χ1) is 18.0. The van der Waals surface area contributed by atoms with E-state index in [1.54, 1.807) is 12.0 Å². The second kappa shape index (κ2) is 11.2. The van der Waals surface area contributed by atoms with Crippen LogP contribution in [0.1, 0.15) is 33.1 Å². The third-order valence-corrected chi connectivity index (χ3v) is 6.80. The maximum absolute atomic E-state index is 13.2. The van der Waals surface area contributed by atoms with E-state index in [1.807, 2.05) is 25.3 Å². The molecule has 1 atom stereocenters. The average molecular weight is 541 g/mol. The molecule has 0 bridgehead atoms. The van der Waals surface area contributed by atoms with Crippen LogP contribution in [0.5, 0.6) is 5.75 Å². The number of piperazine rings is 1. The number of benzene rings is 2. The number of alkyl halides is 5. The van der Waals surface area contributed by atoms with Gasteiger partial charge in [0.25, 0.3) is 6.43 Å². The van der Waals surface area contributed by atoms with Gasteiger partial charge in [0.15, 0.2) is 0 Å². The van der Waals surface area contributed by atoms with Crippen molar-refractivity contribution >= 4 is 22.6 Å². The molecule has 0 aliphatic carbocycles. The second-order valence-corrected chi connectivity index (χ2v) is 9.36. The third-order valence-electron chi connectivity index (χ3n) is 6.80. The van der Waals surface area contributed by atoms with Crippen molar-refractivity contribution in [3.8, 4) is 5.75 Å². The Hall–Kier alpha value is -3.38. The molecule has 38 heavy (non-hydrogen) atoms. The number of anilines is 1. The van der Waals surface area contributed by atoms with E-state index in [9.17, 15) is 31.9 Å². The zero-order valence-corrected chi connectivity index (χ0v) is 20.9. The van der Waals surface area contributed by atoms with Crippen LogP contribution in [-0.2, 0) is 6.54 Å². The van der Waals surface area contributed by atoms with Crippen molar-refractivity contribution in [3.63, 3.8) is 0 Å². The van der Waals surface area contributed by atoms with Gasteiger partial charge in [-0.15, -0.1) is 0 Å². The number of methoxy groups -OCH3 is 1. The lowest BCUT2D eigenvalue weighted by molar-refractivity contribution is -0.115. The van der Waals surface area contributed by atoms with E-state index in [2.05, 4.69) is 15.2 Å². The smallest absolute Gasteiger partial charge is 0.405 e. The van der Waals surface area contributed by atoms with Crippen molar-refractivity contribution < 1.29 is 36.6 Å². The molecule has 1 aliphatic heterocycles. The maximum atomic E-state index is 13.2. The molecule has 4 rings (SSSR count). The number of hydrogen-bond acceptors (Lipinski definition) is 5. The van der Waals surface area contributed by atoms with E-state index in [0.717, 1.165) is 22.0 Å². The Morgan fingerprint density at radius 2 is 2.00 bits per heavy atom. The molecular weight excluding hydrogens is 511 g/mol. The van der Waals surface area contributed by atoms with Crippen molar-refractivity contribution in [1.29, 1.82) is 0 Å². The number of nitrogens with one attached hydrogen (secondary N) is 2. The molecule has 0 amide bonds. The van der Waals surface area contributed by atoms with Crippen LogP contribution in [0.3, 0.4) is 0 Å². The number of halogens is 5. The molecule has 1 aliphatic rings. The van der Waals surface area contributed by atoms with Gasteiger partial charge in [0.2, 0.25) is 0 Å². The van der Waals surface area contributed by atoms with Gasteiger partial charge >= 0.3 is 12.1 Å². The molecule has 0 radical (unpaired) electrons. The number of H-pyrrole nitrogens is 1. The summed E-state index contributed by atoms with van der Waals surface area (Å²) in [5.74, 6) is -0.711. The van der Waals surface area contributed by atoms with Gasteiger partial charge in [-0.1, -0.05) is 6.07 Å². The Kier molecular flexibility index (Phi) is 8.12. The van der Waals surface area contributed by atoms with Crippen LogP contribution in [0.15, 0.2) is 36.5 Å². The molecule has 1 saturated heterocycles. The molecule has 206 valence electrons. The number of ether oxygens (including phenoxy) is 1. The van der Waals surface area contributed by atoms with Crippen LogP contribution < -0.4 is 10.1 Å². The predicted molar refractivity (Wildman–Crippen MR) is 133 cm³/mol. The van der Waals surface area contributed by atoms with Crippen LogP contribution in [0.2, 0.25) is 0 Å². The first kappa shape index (κ1) is 27.6. The third kappa shape index (κ3) is 6.18. The fourth-order valence-electron chi connectivity index (χ4n) is 5.02. The summed E-state index contributed by atoms with van der Waals surface area (Å²) in [6, 6.07) is 7.51. The lowest BCUT2D eigenvalue weighted by Crippen LogP contribution is -2.49. The summed E-state index contributed by atoms with van der Waals surface area (Å²) >= 11 is 0. The van der Waals surface area contributed by atoms with Crippen molar-refractivity contribution in [2.24, 2.45) is 0 Å². The fraction of sp³-hybridized carbons (Fsp3) is 0.423. The van der Waals surface area contributed by atoms with E-state index in [4.69, 9.17) is 4.74 Å². The minimum Gasteiger partial charge on any atom is -0.496 e. The number of aromatic nitrogens is 1. The van der Waals surface area contributed by atoms with Crippen LogP contribution in [-0.4, -0.2) is 78.3 Å². The molecule has 0 unspecified atom stereocenters. The standard InChI is InChI=1S/C26H29F5N4O3/c1-15-9-22(38-2)19(17-5-6-32-24(15)17)11-35-8-7-34(13-23(27)28)12-21(35)16-3-4-18(25(36)37)20(10-16)33-14-26(29,30)31/h3-6,9-10,21,23,32-33H,7-8,11-14H2,1-2H3,(H,36,37)/t21-/m0/s1. The molecule has 1 fully saturated rings. The number of aromatic amines is 1. The Morgan fingerprint density at radius 3 is 2.66 bits per heavy atom. The number of carbonyl (C=O) groups is 1. The van der Waals surface area contributed by atoms with Crippen LogP contribution in [0, 0.1) is 6.92 Å². The molecular formula is C26H29F5N4O3. The number of hydrogen-bond donors (Lipinski definition) is 3. The number of aryl methyl sites for hydroxylation is 1. The highest BCUT2D eigenvalue weighted by Crippen LogP contribution is 2.36. The van der Waals surface area contributed by atoms with Gasteiger partial charge in [-0.25, -0.2) is 13.6 Å². The lowest BCUT2D eigenvalue weighted by Gasteiger charge is -2.42. The second-order valence-electron chi connectivity index (χ2n) is 9.36. The highest BCUT2D eigenvalue weighted by Gasteiger charge is 2.32. The SMILES string of the molecule is COc1cc(C)c2[nH]ccc2c1CN1CCN(CC(F)F)C[C@H]1c1ccc(C(=O)O)c(NCC(F)(F)F)c1. The summed E-state index contributed by atoms with van der Waals surface area (Å²) in [6.07, 6.45) is -5.28. The van der Waals surface area contributed by atoms with Crippen LogP contribution in [0.25, 0.3) is 10.9 Å². The molecule has 2 heterocycles. The number of fused-ring (bicyclic) bond motifs is 1. The number of nitrogens with zero attached hydrogens (tertiary/aromatic N) is 2. The number of carboxylic acid groups (broad SMARTS) is 1. The Bertz CT molecular complexity index is 1290. The van der Waals surface area contributed by atoms with Gasteiger partial charge in [0.1, 0.15) is 12.3 Å². The lowest BCUT2D eigenvalue weighted by atomic mass is 9.97. The summed E-state index contributed by atoms with van der Waals surface area (Å²) < 4.78 is 70.8. The number of carboxylic acids is 1. The van der Waals surface area contributed by atoms with Crippen LogP contribution in [0.4, 0.5) is 27.6 Å². The van der Waals surface area contributed by atoms with Crippen molar-refractivity contribution in [2.75, 3.05) is 45.2 Å². The van der Waals surface area contributed by atoms with Gasteiger partial charge in [-0.3, -0.25) is 9.80 Å². The highest BCUT2D eigenvalue weighted by atomic mass is 19.4. The molecule has 1 aromatic heterocycles. The number of aromatic carboxylic acids is 1. The predicted octanol–water partition coefficient (Wildman–Crippen LogP) is 5.28. The van der Waals surface area contributed by atoms with Gasteiger partial charge in [-0.2, -0.15) is 13.2 Å². The molecule has 2 aromatic carbocycles. The highest BCUT2D eigenvalue weighted by molar-refractivity contribution is 5.94. The average Bonchev–Trinajstić information content (AvgIpc) is 3.35. The summed E-state index contributed by atoms with van der Waals surface area (Å²) in [5, 5.41) is 12.6. The van der Waals surface area contributed by atoms with Crippen LogP contribution >= 0.6 is 0 Å². The summed E-state index contributed by atoms with van der Waals surface area (Å²) in [4.78, 5) is 18.6. The fourth-order valence-corrected chi connectivity index (χ4v) is 5.02. The van der Waals surface area contributed by atoms with Crippen molar-refractivity contribution in [1.82, 2.24) is 14.8 Å². The van der Waals surface area contributed by atoms with E-state index in [1.165, 1.54) is 18.2 Å². The number of rotatable bonds is 9. The Balaban J connectivity index is 1.73. The minimum atomic E-state index is -4.55. The summed E-state index contributed by atoms with van der Waals surface area (Å²) in [7, 11) is 1.57. The summed E-state index contributed by atoms with van der Waals surface area (Å²) in [5.41, 5.74) is 2.86. The van der Waals surface area contributed by atoms with Crippen molar-refractivity contribution in [3.05, 3.63) is 58.8 Å².